The highest BCUT2D eigenvalue weighted by Crippen LogP contribution is 2.36. The van der Waals surface area contributed by atoms with Gasteiger partial charge in [-0.2, -0.15) is 18.0 Å². The first kappa shape index (κ1) is 22.9. The van der Waals surface area contributed by atoms with E-state index in [1.54, 1.807) is 25.2 Å². The molecule has 14 heteroatoms. The van der Waals surface area contributed by atoms with Gasteiger partial charge in [0.25, 0.3) is 0 Å². The smallest absolute Gasteiger partial charge is 0.417 e. The zero-order valence-electron chi connectivity index (χ0n) is 17.2. The van der Waals surface area contributed by atoms with E-state index >= 15 is 0 Å². The van der Waals surface area contributed by atoms with Gasteiger partial charge in [-0.3, -0.25) is 0 Å². The van der Waals surface area contributed by atoms with Gasteiger partial charge in [-0.25, -0.2) is 14.8 Å². The maximum Gasteiger partial charge on any atom is 0.417 e. The molecule has 34 heavy (non-hydrogen) atoms. The summed E-state index contributed by atoms with van der Waals surface area (Å²) in [6.07, 6.45) is -3.38. The van der Waals surface area contributed by atoms with Crippen molar-refractivity contribution in [3.05, 3.63) is 65.4 Å². The standard InChI is InChI=1S/C20H14ClF3N8O2/c1-32-30-18(29-31-32)16-9-17(26-10-25-16)34-13-4-2-3-11(7-13)27-19(33)28-12-5-6-15(21)14(8-12)20(22,23)24/h2-10H,1H3,(H2,27,28,33). The highest BCUT2D eigenvalue weighted by atomic mass is 35.5. The van der Waals surface area contributed by atoms with Gasteiger partial charge in [-0.1, -0.05) is 17.7 Å². The lowest BCUT2D eigenvalue weighted by molar-refractivity contribution is -0.137. The molecule has 2 aromatic carbocycles. The minimum Gasteiger partial charge on any atom is -0.439 e. The molecule has 0 atom stereocenters. The lowest BCUT2D eigenvalue weighted by Crippen LogP contribution is -2.20. The van der Waals surface area contributed by atoms with Crippen molar-refractivity contribution in [2.45, 2.75) is 6.18 Å². The van der Waals surface area contributed by atoms with Crippen LogP contribution in [0.5, 0.6) is 11.6 Å². The van der Waals surface area contributed by atoms with Gasteiger partial charge in [0.15, 0.2) is 0 Å². The lowest BCUT2D eigenvalue weighted by atomic mass is 10.2. The molecule has 2 heterocycles. The van der Waals surface area contributed by atoms with Crippen LogP contribution >= 0.6 is 11.6 Å². The van der Waals surface area contributed by atoms with Crippen LogP contribution in [0, 0.1) is 0 Å². The van der Waals surface area contributed by atoms with E-state index in [1.807, 2.05) is 0 Å². The summed E-state index contributed by atoms with van der Waals surface area (Å²) in [6.45, 7) is 0. The van der Waals surface area contributed by atoms with Crippen molar-refractivity contribution in [3.8, 4) is 23.1 Å². The fraction of sp³-hybridized carbons (Fsp3) is 0.100. The Morgan fingerprint density at radius 1 is 1.06 bits per heavy atom. The van der Waals surface area contributed by atoms with E-state index in [0.29, 0.717) is 17.1 Å². The molecule has 2 N–H and O–H groups in total. The molecular formula is C20H14ClF3N8O2. The maximum absolute atomic E-state index is 13.0. The highest BCUT2D eigenvalue weighted by Gasteiger charge is 2.33. The lowest BCUT2D eigenvalue weighted by Gasteiger charge is -2.13. The summed E-state index contributed by atoms with van der Waals surface area (Å²) in [4.78, 5) is 21.7. The van der Waals surface area contributed by atoms with Crippen LogP contribution in [0.2, 0.25) is 5.02 Å². The minimum absolute atomic E-state index is 0.0761. The minimum atomic E-state index is -4.65. The molecule has 0 aliphatic rings. The molecule has 2 amide bonds. The topological polar surface area (TPSA) is 120 Å². The first-order valence-corrected chi connectivity index (χ1v) is 9.84. The summed E-state index contributed by atoms with van der Waals surface area (Å²) >= 11 is 5.59. The van der Waals surface area contributed by atoms with Gasteiger partial charge in [0.1, 0.15) is 17.8 Å². The molecule has 0 saturated carbocycles. The number of nitrogens with zero attached hydrogens (tertiary/aromatic N) is 6. The predicted molar refractivity (Wildman–Crippen MR) is 115 cm³/mol. The summed E-state index contributed by atoms with van der Waals surface area (Å²) < 4.78 is 44.7. The third-order valence-corrected chi connectivity index (χ3v) is 4.55. The van der Waals surface area contributed by atoms with E-state index < -0.39 is 22.8 Å². The summed E-state index contributed by atoms with van der Waals surface area (Å²) in [5.41, 5.74) is -0.408. The zero-order chi connectivity index (χ0) is 24.3. The van der Waals surface area contributed by atoms with Gasteiger partial charge in [0, 0.05) is 23.5 Å². The molecule has 0 spiro atoms. The van der Waals surface area contributed by atoms with E-state index in [0.717, 1.165) is 12.1 Å². The number of ether oxygens (including phenoxy) is 1. The monoisotopic (exact) mass is 490 g/mol. The Labute approximate surface area is 194 Å². The molecule has 4 aromatic rings. The Bertz CT molecular complexity index is 1350. The second kappa shape index (κ2) is 9.31. The number of carbonyl (C=O) groups is 1. The molecule has 10 nitrogen and oxygen atoms in total. The van der Waals surface area contributed by atoms with Crippen LogP contribution in [0.4, 0.5) is 29.3 Å². The number of alkyl halides is 3. The van der Waals surface area contributed by atoms with Gasteiger partial charge in [0.05, 0.1) is 17.6 Å². The third kappa shape index (κ3) is 5.56. The molecule has 0 aliphatic carbocycles. The Hall–Kier alpha value is -4.26. The van der Waals surface area contributed by atoms with E-state index in [4.69, 9.17) is 16.3 Å². The van der Waals surface area contributed by atoms with E-state index in [9.17, 15) is 18.0 Å². The van der Waals surface area contributed by atoms with Crippen LogP contribution in [-0.4, -0.2) is 36.2 Å². The SMILES string of the molecule is Cn1nnc(-c2cc(Oc3cccc(NC(=O)Nc4ccc(Cl)c(C(F)(F)F)c4)c3)ncn2)n1. The largest absolute Gasteiger partial charge is 0.439 e. The molecule has 0 fully saturated rings. The van der Waals surface area contributed by atoms with Crippen LogP contribution in [0.15, 0.2) is 54.9 Å². The Kier molecular flexibility index (Phi) is 6.27. The van der Waals surface area contributed by atoms with E-state index in [-0.39, 0.29) is 17.4 Å². The number of anilines is 2. The summed E-state index contributed by atoms with van der Waals surface area (Å²) in [7, 11) is 1.62. The predicted octanol–water partition coefficient (Wildman–Crippen LogP) is 4.78. The van der Waals surface area contributed by atoms with Crippen molar-refractivity contribution >= 4 is 29.0 Å². The van der Waals surface area contributed by atoms with Gasteiger partial charge in [0.2, 0.25) is 11.7 Å². The number of aryl methyl sites for hydroxylation is 1. The summed E-state index contributed by atoms with van der Waals surface area (Å²) in [6, 6.07) is 10.1. The quantitative estimate of drug-likeness (QED) is 0.413. The number of hydrogen-bond acceptors (Lipinski definition) is 7. The fourth-order valence-corrected chi connectivity index (χ4v) is 3.00. The van der Waals surface area contributed by atoms with Crippen molar-refractivity contribution in [1.29, 1.82) is 0 Å². The van der Waals surface area contributed by atoms with Crippen LogP contribution in [0.3, 0.4) is 0 Å². The van der Waals surface area contributed by atoms with Crippen molar-refractivity contribution in [2.75, 3.05) is 10.6 Å². The Balaban J connectivity index is 1.44. The average Bonchev–Trinajstić information content (AvgIpc) is 3.21. The van der Waals surface area contributed by atoms with Crippen LogP contribution in [-0.2, 0) is 13.2 Å². The number of halogens is 4. The summed E-state index contributed by atoms with van der Waals surface area (Å²) in [5, 5.41) is 16.1. The number of aromatic nitrogens is 6. The van der Waals surface area contributed by atoms with Gasteiger partial charge in [-0.15, -0.1) is 10.2 Å². The first-order chi connectivity index (χ1) is 16.2. The number of urea groups is 1. The Morgan fingerprint density at radius 2 is 1.82 bits per heavy atom. The van der Waals surface area contributed by atoms with Crippen LogP contribution in [0.25, 0.3) is 11.5 Å². The number of carbonyl (C=O) groups excluding carboxylic acids is 1. The van der Waals surface area contributed by atoms with Crippen molar-refractivity contribution in [2.24, 2.45) is 7.05 Å². The number of hydrogen-bond donors (Lipinski definition) is 2. The number of rotatable bonds is 5. The number of benzene rings is 2. The molecule has 174 valence electrons. The van der Waals surface area contributed by atoms with Gasteiger partial charge in [-0.05, 0) is 35.5 Å². The molecule has 0 bridgehead atoms. The van der Waals surface area contributed by atoms with E-state index in [2.05, 4.69) is 36.0 Å². The number of tetrazole rings is 1. The average molecular weight is 491 g/mol. The fourth-order valence-electron chi connectivity index (χ4n) is 2.78. The number of amides is 2. The first-order valence-electron chi connectivity index (χ1n) is 9.46. The van der Waals surface area contributed by atoms with Gasteiger partial charge >= 0.3 is 12.2 Å². The van der Waals surface area contributed by atoms with Crippen LogP contribution < -0.4 is 15.4 Å². The Morgan fingerprint density at radius 3 is 2.53 bits per heavy atom. The van der Waals surface area contributed by atoms with Crippen molar-refractivity contribution in [1.82, 2.24) is 30.2 Å². The molecule has 0 radical (unpaired) electrons. The zero-order valence-corrected chi connectivity index (χ0v) is 18.0. The molecule has 2 aromatic heterocycles. The second-order valence-electron chi connectivity index (χ2n) is 6.75. The van der Waals surface area contributed by atoms with Crippen molar-refractivity contribution < 1.29 is 22.7 Å². The van der Waals surface area contributed by atoms with Crippen molar-refractivity contribution in [3.63, 3.8) is 0 Å². The highest BCUT2D eigenvalue weighted by molar-refractivity contribution is 6.31. The normalized spacial score (nSPS) is 11.2. The maximum atomic E-state index is 13.0. The second-order valence-corrected chi connectivity index (χ2v) is 7.15. The summed E-state index contributed by atoms with van der Waals surface area (Å²) in [5.74, 6) is 0.818. The molecular weight excluding hydrogens is 477 g/mol. The van der Waals surface area contributed by atoms with Gasteiger partial charge < -0.3 is 15.4 Å². The van der Waals surface area contributed by atoms with Crippen LogP contribution in [0.1, 0.15) is 5.56 Å². The third-order valence-electron chi connectivity index (χ3n) is 4.22. The molecule has 0 unspecified atom stereocenters. The molecule has 0 aliphatic heterocycles. The molecule has 4 rings (SSSR count). The van der Waals surface area contributed by atoms with E-state index in [1.165, 1.54) is 29.3 Å². The molecule has 0 saturated heterocycles. The number of nitrogens with one attached hydrogen (secondary N) is 2.